The molecular weight excluding hydrogens is 253 g/mol. The monoisotopic (exact) mass is 269 g/mol. The molecule has 0 aliphatic carbocycles. The van der Waals surface area contributed by atoms with Gasteiger partial charge in [-0.05, 0) is 36.6 Å². The molecular formula is C16H16FN3. The maximum Gasteiger partial charge on any atom is 0.233 e. The van der Waals surface area contributed by atoms with Crippen LogP contribution >= 0.6 is 0 Å². The number of anilines is 1. The molecule has 2 heterocycles. The van der Waals surface area contributed by atoms with Crippen molar-refractivity contribution in [1.82, 2.24) is 10.2 Å². The van der Waals surface area contributed by atoms with Gasteiger partial charge in [0, 0.05) is 13.1 Å². The van der Waals surface area contributed by atoms with Gasteiger partial charge in [-0.2, -0.15) is 4.39 Å². The van der Waals surface area contributed by atoms with E-state index in [2.05, 4.69) is 52.4 Å². The van der Waals surface area contributed by atoms with Gasteiger partial charge in [0.1, 0.15) is 0 Å². The quantitative estimate of drug-likeness (QED) is 0.838. The molecule has 3 nitrogen and oxygen atoms in total. The fourth-order valence-electron chi connectivity index (χ4n) is 2.46. The molecule has 0 spiro atoms. The van der Waals surface area contributed by atoms with Crippen molar-refractivity contribution in [1.29, 1.82) is 0 Å². The third-order valence-electron chi connectivity index (χ3n) is 3.54. The first-order valence-electron chi connectivity index (χ1n) is 6.72. The van der Waals surface area contributed by atoms with Crippen molar-refractivity contribution in [3.8, 4) is 0 Å². The summed E-state index contributed by atoms with van der Waals surface area (Å²) in [4.78, 5) is 2.10. The van der Waals surface area contributed by atoms with Gasteiger partial charge in [-0.1, -0.05) is 35.9 Å². The van der Waals surface area contributed by atoms with Crippen LogP contribution in [0.5, 0.6) is 0 Å². The van der Waals surface area contributed by atoms with E-state index in [9.17, 15) is 4.39 Å². The van der Waals surface area contributed by atoms with Crippen molar-refractivity contribution >= 4 is 11.4 Å². The molecule has 0 N–H and O–H groups in total. The molecule has 0 bridgehead atoms. The lowest BCUT2D eigenvalue weighted by Crippen LogP contribution is -2.29. The predicted molar refractivity (Wildman–Crippen MR) is 78.0 cm³/mol. The number of benzene rings is 1. The topological polar surface area (TPSA) is 29.0 Å². The lowest BCUT2D eigenvalue weighted by molar-refractivity contribution is 0.561. The summed E-state index contributed by atoms with van der Waals surface area (Å²) in [5, 5.41) is 7.35. The molecule has 1 aliphatic rings. The fraction of sp³-hybridized carbons (Fsp3) is 0.250. The average Bonchev–Trinajstić information content (AvgIpc) is 2.48. The van der Waals surface area contributed by atoms with Crippen LogP contribution in [-0.2, 0) is 0 Å². The number of nitrogens with zero attached hydrogens (tertiary/aromatic N) is 3. The Hall–Kier alpha value is -2.23. The molecule has 20 heavy (non-hydrogen) atoms. The molecule has 2 aromatic rings. The molecule has 1 aromatic heterocycles. The van der Waals surface area contributed by atoms with E-state index in [4.69, 9.17) is 0 Å². The van der Waals surface area contributed by atoms with Crippen LogP contribution in [0.3, 0.4) is 0 Å². The summed E-state index contributed by atoms with van der Waals surface area (Å²) in [5.74, 6) is 0.188. The summed E-state index contributed by atoms with van der Waals surface area (Å²) in [6.07, 6.45) is 3.17. The van der Waals surface area contributed by atoms with Crippen molar-refractivity contribution in [2.75, 3.05) is 18.0 Å². The SMILES string of the molecule is Cc1cccc(C2=CCN(c3ccc(F)nn3)CC2)c1. The van der Waals surface area contributed by atoms with Gasteiger partial charge in [-0.3, -0.25) is 0 Å². The van der Waals surface area contributed by atoms with Crippen LogP contribution in [-0.4, -0.2) is 23.3 Å². The van der Waals surface area contributed by atoms with E-state index in [1.54, 1.807) is 6.07 Å². The number of aryl methyl sites for hydroxylation is 1. The molecule has 1 aromatic carbocycles. The number of hydrogen-bond donors (Lipinski definition) is 0. The Morgan fingerprint density at radius 2 is 2.05 bits per heavy atom. The first-order valence-corrected chi connectivity index (χ1v) is 6.72. The zero-order chi connectivity index (χ0) is 13.9. The maximum atomic E-state index is 12.8. The zero-order valence-electron chi connectivity index (χ0n) is 11.4. The summed E-state index contributed by atoms with van der Waals surface area (Å²) in [6, 6.07) is 11.6. The first-order chi connectivity index (χ1) is 9.72. The third kappa shape index (κ3) is 2.69. The van der Waals surface area contributed by atoms with Crippen LogP contribution in [0.25, 0.3) is 5.57 Å². The highest BCUT2D eigenvalue weighted by Crippen LogP contribution is 2.24. The predicted octanol–water partition coefficient (Wildman–Crippen LogP) is 3.22. The largest absolute Gasteiger partial charge is 0.351 e. The first kappa shape index (κ1) is 12.8. The van der Waals surface area contributed by atoms with E-state index in [-0.39, 0.29) is 0 Å². The smallest absolute Gasteiger partial charge is 0.233 e. The van der Waals surface area contributed by atoms with E-state index >= 15 is 0 Å². The Morgan fingerprint density at radius 1 is 1.15 bits per heavy atom. The molecule has 0 amide bonds. The van der Waals surface area contributed by atoms with Crippen LogP contribution in [0.15, 0.2) is 42.5 Å². The van der Waals surface area contributed by atoms with Gasteiger partial charge in [0.05, 0.1) is 0 Å². The Morgan fingerprint density at radius 3 is 2.70 bits per heavy atom. The van der Waals surface area contributed by atoms with Crippen LogP contribution in [0.2, 0.25) is 0 Å². The van der Waals surface area contributed by atoms with Gasteiger partial charge >= 0.3 is 0 Å². The minimum atomic E-state index is -0.540. The second-order valence-corrected chi connectivity index (χ2v) is 5.01. The van der Waals surface area contributed by atoms with Crippen LogP contribution in [0.1, 0.15) is 17.5 Å². The Bertz CT molecular complexity index is 634. The Labute approximate surface area is 117 Å². The summed E-state index contributed by atoms with van der Waals surface area (Å²) < 4.78 is 12.8. The molecule has 102 valence electrons. The average molecular weight is 269 g/mol. The van der Waals surface area contributed by atoms with Crippen molar-refractivity contribution in [2.24, 2.45) is 0 Å². The van der Waals surface area contributed by atoms with Gasteiger partial charge in [-0.25, -0.2) is 0 Å². The number of hydrogen-bond acceptors (Lipinski definition) is 3. The van der Waals surface area contributed by atoms with Gasteiger partial charge in [0.2, 0.25) is 5.95 Å². The molecule has 4 heteroatoms. The van der Waals surface area contributed by atoms with Gasteiger partial charge in [0.25, 0.3) is 0 Å². The highest BCUT2D eigenvalue weighted by atomic mass is 19.1. The zero-order valence-corrected chi connectivity index (χ0v) is 11.4. The Balaban J connectivity index is 1.76. The molecule has 0 saturated carbocycles. The van der Waals surface area contributed by atoms with Crippen LogP contribution in [0.4, 0.5) is 10.2 Å². The van der Waals surface area contributed by atoms with E-state index < -0.39 is 5.95 Å². The standard InChI is InChI=1S/C16H16FN3/c1-12-3-2-4-14(11-12)13-7-9-20(10-8-13)16-6-5-15(17)18-19-16/h2-7,11H,8-10H2,1H3. The second-order valence-electron chi connectivity index (χ2n) is 5.01. The summed E-state index contributed by atoms with van der Waals surface area (Å²) in [7, 11) is 0. The summed E-state index contributed by atoms with van der Waals surface area (Å²) in [5.41, 5.74) is 3.92. The molecule has 0 radical (unpaired) electrons. The molecule has 0 atom stereocenters. The molecule has 3 rings (SSSR count). The highest BCUT2D eigenvalue weighted by Gasteiger charge is 2.14. The third-order valence-corrected chi connectivity index (χ3v) is 3.54. The second kappa shape index (κ2) is 5.41. The van der Waals surface area contributed by atoms with Gasteiger partial charge < -0.3 is 4.90 Å². The van der Waals surface area contributed by atoms with Crippen molar-refractivity contribution in [3.63, 3.8) is 0 Å². The van der Waals surface area contributed by atoms with E-state index in [0.717, 1.165) is 25.3 Å². The summed E-state index contributed by atoms with van der Waals surface area (Å²) >= 11 is 0. The van der Waals surface area contributed by atoms with Crippen molar-refractivity contribution in [3.05, 3.63) is 59.5 Å². The number of rotatable bonds is 2. The van der Waals surface area contributed by atoms with E-state index in [0.29, 0.717) is 0 Å². The number of aromatic nitrogens is 2. The lowest BCUT2D eigenvalue weighted by Gasteiger charge is -2.27. The highest BCUT2D eigenvalue weighted by molar-refractivity contribution is 5.68. The van der Waals surface area contributed by atoms with Crippen LogP contribution in [0, 0.1) is 12.9 Å². The molecule has 0 fully saturated rings. The Kier molecular flexibility index (Phi) is 3.46. The fourth-order valence-corrected chi connectivity index (χ4v) is 2.46. The van der Waals surface area contributed by atoms with Crippen molar-refractivity contribution in [2.45, 2.75) is 13.3 Å². The van der Waals surface area contributed by atoms with Crippen LogP contribution < -0.4 is 4.90 Å². The molecule has 0 saturated heterocycles. The minimum absolute atomic E-state index is 0.540. The lowest BCUT2D eigenvalue weighted by atomic mass is 9.98. The van der Waals surface area contributed by atoms with Gasteiger partial charge in [0.15, 0.2) is 5.82 Å². The van der Waals surface area contributed by atoms with E-state index in [1.807, 2.05) is 0 Å². The number of halogens is 1. The molecule has 1 aliphatic heterocycles. The normalized spacial score (nSPS) is 15.1. The maximum absolute atomic E-state index is 12.8. The van der Waals surface area contributed by atoms with Gasteiger partial charge in [-0.15, -0.1) is 10.2 Å². The molecule has 0 unspecified atom stereocenters. The van der Waals surface area contributed by atoms with Crippen molar-refractivity contribution < 1.29 is 4.39 Å². The summed E-state index contributed by atoms with van der Waals surface area (Å²) in [6.45, 7) is 3.76. The van der Waals surface area contributed by atoms with E-state index in [1.165, 1.54) is 22.8 Å². The minimum Gasteiger partial charge on any atom is -0.351 e.